The van der Waals surface area contributed by atoms with Crippen LogP contribution in [0.4, 0.5) is 0 Å². The molecule has 5 rings (SSSR count). The highest BCUT2D eigenvalue weighted by molar-refractivity contribution is 5.96. The van der Waals surface area contributed by atoms with Crippen molar-refractivity contribution in [1.29, 1.82) is 0 Å². The molecule has 0 aliphatic carbocycles. The van der Waals surface area contributed by atoms with Gasteiger partial charge in [0.2, 0.25) is 11.8 Å². The zero-order valence-electron chi connectivity index (χ0n) is 14.0. The summed E-state index contributed by atoms with van der Waals surface area (Å²) in [5, 5.41) is 1.16. The largest absolute Gasteiger partial charge is 0.376 e. The van der Waals surface area contributed by atoms with E-state index in [9.17, 15) is 9.59 Å². The molecule has 0 saturated carbocycles. The summed E-state index contributed by atoms with van der Waals surface area (Å²) in [6, 6.07) is 7.76. The van der Waals surface area contributed by atoms with Gasteiger partial charge in [0.25, 0.3) is 0 Å². The van der Waals surface area contributed by atoms with Crippen molar-refractivity contribution in [2.45, 2.75) is 38.0 Å². The van der Waals surface area contributed by atoms with Crippen molar-refractivity contribution in [2.24, 2.45) is 0 Å². The van der Waals surface area contributed by atoms with Crippen molar-refractivity contribution in [1.82, 2.24) is 14.8 Å². The summed E-state index contributed by atoms with van der Waals surface area (Å²) in [6.07, 6.45) is 2.68. The van der Waals surface area contributed by atoms with Crippen LogP contribution in [0.2, 0.25) is 0 Å². The van der Waals surface area contributed by atoms with Crippen LogP contribution in [0.25, 0.3) is 10.9 Å². The number of nitrogens with zero attached hydrogens (tertiary/aromatic N) is 2. The number of piperazine rings is 1. The average molecular weight is 339 g/mol. The van der Waals surface area contributed by atoms with Crippen molar-refractivity contribution >= 4 is 22.7 Å². The van der Waals surface area contributed by atoms with Gasteiger partial charge in [-0.15, -0.1) is 0 Å². The zero-order valence-corrected chi connectivity index (χ0v) is 14.0. The molecule has 0 radical (unpaired) electrons. The summed E-state index contributed by atoms with van der Waals surface area (Å²) in [5.74, 6) is 0.0953. The first-order valence-corrected chi connectivity index (χ1v) is 8.99. The molecule has 4 heterocycles. The number of fused-ring (bicyclic) bond motifs is 4. The lowest BCUT2D eigenvalue weighted by Crippen LogP contribution is -2.62. The highest BCUT2D eigenvalue weighted by Gasteiger charge is 2.43. The standard InChI is InChI=1S/C19H21N3O3/c23-18-11-21(9-12-4-3-7-25-12)19(24)17-8-14-13-5-1-2-6-15(13)20-16(14)10-22(17)18/h1-2,5-6,12,17,20H,3-4,7-11H2/t12?,17-/m0/s1. The summed E-state index contributed by atoms with van der Waals surface area (Å²) in [5.41, 5.74) is 3.31. The Morgan fingerprint density at radius 1 is 1.20 bits per heavy atom. The van der Waals surface area contributed by atoms with Gasteiger partial charge in [-0.1, -0.05) is 18.2 Å². The Labute approximate surface area is 145 Å². The van der Waals surface area contributed by atoms with Crippen LogP contribution in [-0.4, -0.2) is 58.4 Å². The van der Waals surface area contributed by atoms with E-state index in [4.69, 9.17) is 4.74 Å². The molecule has 3 aliphatic rings. The number of amides is 2. The van der Waals surface area contributed by atoms with Gasteiger partial charge in [0.05, 0.1) is 19.2 Å². The first-order chi connectivity index (χ1) is 12.2. The lowest BCUT2D eigenvalue weighted by molar-refractivity contribution is -0.158. The van der Waals surface area contributed by atoms with E-state index in [2.05, 4.69) is 11.1 Å². The second-order valence-corrected chi connectivity index (χ2v) is 7.22. The molecule has 0 bridgehead atoms. The number of nitrogens with one attached hydrogen (secondary N) is 1. The van der Waals surface area contributed by atoms with Crippen LogP contribution >= 0.6 is 0 Å². The lowest BCUT2D eigenvalue weighted by Gasteiger charge is -2.43. The summed E-state index contributed by atoms with van der Waals surface area (Å²) in [7, 11) is 0. The summed E-state index contributed by atoms with van der Waals surface area (Å²) in [6.45, 7) is 1.96. The van der Waals surface area contributed by atoms with Gasteiger partial charge in [0.15, 0.2) is 0 Å². The molecule has 25 heavy (non-hydrogen) atoms. The van der Waals surface area contributed by atoms with Crippen LogP contribution in [0.5, 0.6) is 0 Å². The number of hydrogen-bond acceptors (Lipinski definition) is 3. The van der Waals surface area contributed by atoms with E-state index in [0.717, 1.165) is 36.0 Å². The molecule has 2 saturated heterocycles. The van der Waals surface area contributed by atoms with Crippen molar-refractivity contribution in [2.75, 3.05) is 19.7 Å². The number of aromatic nitrogens is 1. The van der Waals surface area contributed by atoms with Crippen molar-refractivity contribution in [3.8, 4) is 0 Å². The molecule has 2 atom stereocenters. The van der Waals surface area contributed by atoms with Crippen LogP contribution in [0.3, 0.4) is 0 Å². The van der Waals surface area contributed by atoms with Gasteiger partial charge in [-0.05, 0) is 24.5 Å². The van der Waals surface area contributed by atoms with Gasteiger partial charge < -0.3 is 19.5 Å². The van der Waals surface area contributed by atoms with Crippen LogP contribution in [-0.2, 0) is 27.3 Å². The predicted octanol–water partition coefficient (Wildman–Crippen LogP) is 1.44. The quantitative estimate of drug-likeness (QED) is 0.900. The van der Waals surface area contributed by atoms with Crippen LogP contribution in [0.1, 0.15) is 24.1 Å². The SMILES string of the molecule is O=C1[C@@H]2Cc3c([nH]c4ccccc34)CN2C(=O)CN1CC1CCCO1. The van der Waals surface area contributed by atoms with Crippen LogP contribution < -0.4 is 0 Å². The molecule has 0 spiro atoms. The highest BCUT2D eigenvalue weighted by atomic mass is 16.5. The van der Waals surface area contributed by atoms with E-state index in [1.807, 2.05) is 18.2 Å². The van der Waals surface area contributed by atoms with Gasteiger partial charge >= 0.3 is 0 Å². The summed E-state index contributed by atoms with van der Waals surface area (Å²) in [4.78, 5) is 32.6. The Morgan fingerprint density at radius 2 is 2.08 bits per heavy atom. The summed E-state index contributed by atoms with van der Waals surface area (Å²) < 4.78 is 5.65. The topological polar surface area (TPSA) is 65.6 Å². The molecule has 1 unspecified atom stereocenters. The predicted molar refractivity (Wildman–Crippen MR) is 91.9 cm³/mol. The number of carbonyl (C=O) groups excluding carboxylic acids is 2. The molecule has 6 heteroatoms. The highest BCUT2D eigenvalue weighted by Crippen LogP contribution is 2.32. The fourth-order valence-corrected chi connectivity index (χ4v) is 4.42. The van der Waals surface area contributed by atoms with Crippen LogP contribution in [0, 0.1) is 0 Å². The van der Waals surface area contributed by atoms with Gasteiger partial charge in [0, 0.05) is 36.2 Å². The second-order valence-electron chi connectivity index (χ2n) is 7.22. The van der Waals surface area contributed by atoms with E-state index in [-0.39, 0.29) is 30.5 Å². The molecule has 3 aliphatic heterocycles. The lowest BCUT2D eigenvalue weighted by atomic mass is 9.94. The number of para-hydroxylation sites is 1. The number of rotatable bonds is 2. The Morgan fingerprint density at radius 3 is 2.92 bits per heavy atom. The smallest absolute Gasteiger partial charge is 0.246 e. The Balaban J connectivity index is 1.45. The van der Waals surface area contributed by atoms with E-state index >= 15 is 0 Å². The first-order valence-electron chi connectivity index (χ1n) is 8.99. The van der Waals surface area contributed by atoms with E-state index in [0.29, 0.717) is 19.5 Å². The number of H-pyrrole nitrogens is 1. The Kier molecular flexibility index (Phi) is 3.35. The maximum atomic E-state index is 13.0. The van der Waals surface area contributed by atoms with Gasteiger partial charge in [-0.3, -0.25) is 9.59 Å². The number of carbonyl (C=O) groups is 2. The molecule has 2 aromatic rings. The van der Waals surface area contributed by atoms with Gasteiger partial charge in [-0.25, -0.2) is 0 Å². The molecule has 1 aromatic carbocycles. The Hall–Kier alpha value is -2.34. The monoisotopic (exact) mass is 339 g/mol. The molecular weight excluding hydrogens is 318 g/mol. The number of aromatic amines is 1. The zero-order chi connectivity index (χ0) is 17.0. The molecule has 2 amide bonds. The van der Waals surface area contributed by atoms with Crippen molar-refractivity contribution < 1.29 is 14.3 Å². The van der Waals surface area contributed by atoms with E-state index in [1.54, 1.807) is 9.80 Å². The third kappa shape index (κ3) is 2.35. The third-order valence-corrected chi connectivity index (χ3v) is 5.70. The minimum absolute atomic E-state index is 0.0342. The summed E-state index contributed by atoms with van der Waals surface area (Å²) >= 11 is 0. The molecule has 2 fully saturated rings. The fourth-order valence-electron chi connectivity index (χ4n) is 4.42. The molecule has 130 valence electrons. The number of ether oxygens (including phenoxy) is 1. The van der Waals surface area contributed by atoms with E-state index in [1.165, 1.54) is 5.56 Å². The number of hydrogen-bond donors (Lipinski definition) is 1. The molecular formula is C19H21N3O3. The third-order valence-electron chi connectivity index (χ3n) is 5.70. The van der Waals surface area contributed by atoms with Gasteiger partial charge in [0.1, 0.15) is 6.04 Å². The maximum absolute atomic E-state index is 13.0. The normalized spacial score (nSPS) is 26.2. The minimum atomic E-state index is -0.380. The fraction of sp³-hybridized carbons (Fsp3) is 0.474. The number of benzene rings is 1. The van der Waals surface area contributed by atoms with Gasteiger partial charge in [-0.2, -0.15) is 0 Å². The van der Waals surface area contributed by atoms with Crippen molar-refractivity contribution in [3.05, 3.63) is 35.5 Å². The molecule has 6 nitrogen and oxygen atoms in total. The minimum Gasteiger partial charge on any atom is -0.376 e. The molecule has 1 N–H and O–H groups in total. The Bertz CT molecular complexity index is 853. The van der Waals surface area contributed by atoms with E-state index < -0.39 is 0 Å². The van der Waals surface area contributed by atoms with Crippen molar-refractivity contribution in [3.63, 3.8) is 0 Å². The maximum Gasteiger partial charge on any atom is 0.246 e. The average Bonchev–Trinajstić information content (AvgIpc) is 3.25. The van der Waals surface area contributed by atoms with Crippen LogP contribution in [0.15, 0.2) is 24.3 Å². The second kappa shape index (κ2) is 5.59. The first kappa shape index (κ1) is 15.0. The molecule has 1 aromatic heterocycles.